The van der Waals surface area contributed by atoms with E-state index in [0.29, 0.717) is 17.5 Å². The summed E-state index contributed by atoms with van der Waals surface area (Å²) in [7, 11) is 0. The number of nitro groups is 1. The molecule has 2 atom stereocenters. The second-order valence-corrected chi connectivity index (χ2v) is 5.70. The fraction of sp³-hybridized carbons (Fsp3) is 0.533. The zero-order valence-electron chi connectivity index (χ0n) is 11.3. The van der Waals surface area contributed by atoms with E-state index in [-0.39, 0.29) is 11.6 Å². The Kier molecular flexibility index (Phi) is 3.42. The SMILES string of the molecule is O=C(c1ccc([N+](=O)[O-])cc1)N1CCC2CCCCC21. The Hall–Kier alpha value is -1.91. The number of amides is 1. The first-order valence-electron chi connectivity index (χ1n) is 7.22. The van der Waals surface area contributed by atoms with Gasteiger partial charge in [-0.25, -0.2) is 0 Å². The first-order chi connectivity index (χ1) is 9.66. The fourth-order valence-electron chi connectivity index (χ4n) is 3.55. The molecular formula is C15H18N2O3. The highest BCUT2D eigenvalue weighted by Crippen LogP contribution is 2.36. The highest BCUT2D eigenvalue weighted by molar-refractivity contribution is 5.94. The maximum Gasteiger partial charge on any atom is 0.269 e. The number of benzene rings is 1. The Bertz CT molecular complexity index is 526. The highest BCUT2D eigenvalue weighted by atomic mass is 16.6. The second-order valence-electron chi connectivity index (χ2n) is 5.70. The smallest absolute Gasteiger partial charge is 0.269 e. The van der Waals surface area contributed by atoms with E-state index < -0.39 is 4.92 Å². The lowest BCUT2D eigenvalue weighted by Gasteiger charge is -2.31. The summed E-state index contributed by atoms with van der Waals surface area (Å²) in [6.45, 7) is 0.825. The van der Waals surface area contributed by atoms with Gasteiger partial charge in [-0.05, 0) is 37.3 Å². The van der Waals surface area contributed by atoms with Gasteiger partial charge in [-0.1, -0.05) is 12.8 Å². The largest absolute Gasteiger partial charge is 0.335 e. The minimum Gasteiger partial charge on any atom is -0.335 e. The molecule has 1 saturated carbocycles. The Morgan fingerprint density at radius 3 is 2.55 bits per heavy atom. The van der Waals surface area contributed by atoms with Gasteiger partial charge in [0.2, 0.25) is 0 Å². The number of carbonyl (C=O) groups excluding carboxylic acids is 1. The average Bonchev–Trinajstić information content (AvgIpc) is 2.90. The quantitative estimate of drug-likeness (QED) is 0.615. The van der Waals surface area contributed by atoms with Crippen LogP contribution >= 0.6 is 0 Å². The fourth-order valence-corrected chi connectivity index (χ4v) is 3.55. The van der Waals surface area contributed by atoms with Crippen molar-refractivity contribution in [2.75, 3.05) is 6.54 Å². The summed E-state index contributed by atoms with van der Waals surface area (Å²) in [5.41, 5.74) is 0.584. The van der Waals surface area contributed by atoms with Gasteiger partial charge in [-0.3, -0.25) is 14.9 Å². The van der Waals surface area contributed by atoms with E-state index in [9.17, 15) is 14.9 Å². The monoisotopic (exact) mass is 274 g/mol. The van der Waals surface area contributed by atoms with Crippen LogP contribution in [0.15, 0.2) is 24.3 Å². The molecule has 106 valence electrons. The topological polar surface area (TPSA) is 63.4 Å². The van der Waals surface area contributed by atoms with Crippen molar-refractivity contribution >= 4 is 11.6 Å². The van der Waals surface area contributed by atoms with Crippen LogP contribution in [-0.2, 0) is 0 Å². The van der Waals surface area contributed by atoms with E-state index in [2.05, 4.69) is 0 Å². The van der Waals surface area contributed by atoms with Crippen molar-refractivity contribution in [3.8, 4) is 0 Å². The van der Waals surface area contributed by atoms with Crippen molar-refractivity contribution in [2.45, 2.75) is 38.1 Å². The number of likely N-dealkylation sites (tertiary alicyclic amines) is 1. The molecule has 1 amide bonds. The van der Waals surface area contributed by atoms with Gasteiger partial charge in [0.25, 0.3) is 11.6 Å². The molecule has 0 bridgehead atoms. The molecule has 2 aliphatic rings. The number of hydrogen-bond acceptors (Lipinski definition) is 3. The van der Waals surface area contributed by atoms with Crippen LogP contribution in [0.4, 0.5) is 5.69 Å². The summed E-state index contributed by atoms with van der Waals surface area (Å²) in [4.78, 5) is 24.7. The van der Waals surface area contributed by atoms with E-state index in [0.717, 1.165) is 19.4 Å². The molecule has 5 heteroatoms. The second kappa shape index (κ2) is 5.23. The molecule has 1 aliphatic heterocycles. The minimum atomic E-state index is -0.443. The first kappa shape index (κ1) is 13.1. The number of fused-ring (bicyclic) bond motifs is 1. The van der Waals surface area contributed by atoms with Crippen LogP contribution < -0.4 is 0 Å². The van der Waals surface area contributed by atoms with Crippen LogP contribution in [0.5, 0.6) is 0 Å². The molecule has 0 radical (unpaired) electrons. The van der Waals surface area contributed by atoms with Gasteiger partial charge in [0.15, 0.2) is 0 Å². The molecule has 1 aliphatic carbocycles. The Labute approximate surface area is 117 Å². The highest BCUT2D eigenvalue weighted by Gasteiger charge is 2.38. The zero-order valence-corrected chi connectivity index (χ0v) is 11.3. The van der Waals surface area contributed by atoms with Crippen LogP contribution in [-0.4, -0.2) is 28.3 Å². The van der Waals surface area contributed by atoms with Crippen molar-refractivity contribution in [1.82, 2.24) is 4.90 Å². The molecule has 1 saturated heterocycles. The summed E-state index contributed by atoms with van der Waals surface area (Å²) in [5, 5.41) is 10.6. The molecule has 2 fully saturated rings. The van der Waals surface area contributed by atoms with Crippen molar-refractivity contribution in [3.05, 3.63) is 39.9 Å². The molecule has 0 aromatic heterocycles. The van der Waals surface area contributed by atoms with Crippen LogP contribution in [0.25, 0.3) is 0 Å². The summed E-state index contributed by atoms with van der Waals surface area (Å²) >= 11 is 0. The predicted molar refractivity (Wildman–Crippen MR) is 74.5 cm³/mol. The first-order valence-corrected chi connectivity index (χ1v) is 7.22. The summed E-state index contributed by atoms with van der Waals surface area (Å²) < 4.78 is 0. The number of carbonyl (C=O) groups is 1. The van der Waals surface area contributed by atoms with E-state index in [1.54, 1.807) is 12.1 Å². The molecule has 3 rings (SSSR count). The summed E-state index contributed by atoms with van der Waals surface area (Å²) in [5.74, 6) is 0.681. The third-order valence-electron chi connectivity index (χ3n) is 4.60. The molecule has 1 heterocycles. The molecule has 5 nitrogen and oxygen atoms in total. The van der Waals surface area contributed by atoms with Crippen molar-refractivity contribution in [2.24, 2.45) is 5.92 Å². The molecule has 2 unspecified atom stereocenters. The zero-order chi connectivity index (χ0) is 14.1. The van der Waals surface area contributed by atoms with Gasteiger partial charge in [-0.15, -0.1) is 0 Å². The van der Waals surface area contributed by atoms with Gasteiger partial charge in [0.05, 0.1) is 4.92 Å². The van der Waals surface area contributed by atoms with Gasteiger partial charge in [0, 0.05) is 30.3 Å². The Morgan fingerprint density at radius 1 is 1.15 bits per heavy atom. The van der Waals surface area contributed by atoms with Crippen LogP contribution in [0.1, 0.15) is 42.5 Å². The number of nitro benzene ring substituents is 1. The number of non-ortho nitro benzene ring substituents is 1. The lowest BCUT2D eigenvalue weighted by Crippen LogP contribution is -2.39. The normalized spacial score (nSPS) is 25.3. The Balaban J connectivity index is 1.76. The molecule has 0 spiro atoms. The third kappa shape index (κ3) is 2.28. The molecular weight excluding hydrogens is 256 g/mol. The Morgan fingerprint density at radius 2 is 1.85 bits per heavy atom. The average molecular weight is 274 g/mol. The molecule has 1 aromatic rings. The van der Waals surface area contributed by atoms with E-state index >= 15 is 0 Å². The number of rotatable bonds is 2. The van der Waals surface area contributed by atoms with Gasteiger partial charge in [-0.2, -0.15) is 0 Å². The number of hydrogen-bond donors (Lipinski definition) is 0. The van der Waals surface area contributed by atoms with E-state index in [1.807, 2.05) is 4.90 Å². The molecule has 1 aromatic carbocycles. The van der Waals surface area contributed by atoms with Crippen molar-refractivity contribution in [1.29, 1.82) is 0 Å². The lowest BCUT2D eigenvalue weighted by atomic mass is 9.85. The van der Waals surface area contributed by atoms with Crippen LogP contribution in [0, 0.1) is 16.0 Å². The minimum absolute atomic E-state index is 0.0225. The number of nitrogens with zero attached hydrogens (tertiary/aromatic N) is 2. The van der Waals surface area contributed by atoms with Gasteiger partial charge < -0.3 is 4.90 Å². The summed E-state index contributed by atoms with van der Waals surface area (Å²) in [6.07, 6.45) is 5.91. The molecule has 0 N–H and O–H groups in total. The van der Waals surface area contributed by atoms with Crippen molar-refractivity contribution in [3.63, 3.8) is 0 Å². The predicted octanol–water partition coefficient (Wildman–Crippen LogP) is 3.00. The molecule has 20 heavy (non-hydrogen) atoms. The standard InChI is InChI=1S/C15H18N2O3/c18-15(12-5-7-13(8-6-12)17(19)20)16-10-9-11-3-1-2-4-14(11)16/h5-8,11,14H,1-4,9-10H2. The van der Waals surface area contributed by atoms with Gasteiger partial charge in [0.1, 0.15) is 0 Å². The van der Waals surface area contributed by atoms with Crippen molar-refractivity contribution < 1.29 is 9.72 Å². The van der Waals surface area contributed by atoms with Gasteiger partial charge >= 0.3 is 0 Å². The third-order valence-corrected chi connectivity index (χ3v) is 4.60. The lowest BCUT2D eigenvalue weighted by molar-refractivity contribution is -0.384. The van der Waals surface area contributed by atoms with Crippen LogP contribution in [0.3, 0.4) is 0 Å². The summed E-state index contributed by atoms with van der Waals surface area (Å²) in [6, 6.07) is 6.32. The maximum atomic E-state index is 12.5. The maximum absolute atomic E-state index is 12.5. The van der Waals surface area contributed by atoms with E-state index in [1.165, 1.54) is 31.4 Å². The van der Waals surface area contributed by atoms with E-state index in [4.69, 9.17) is 0 Å². The van der Waals surface area contributed by atoms with Crippen LogP contribution in [0.2, 0.25) is 0 Å².